The zero-order valence-corrected chi connectivity index (χ0v) is 15.4. The van der Waals surface area contributed by atoms with E-state index < -0.39 is 38.4 Å². The Bertz CT molecular complexity index is 1020. The molecule has 0 aliphatic carbocycles. The Labute approximate surface area is 160 Å². The van der Waals surface area contributed by atoms with Crippen LogP contribution < -0.4 is 10.9 Å². The van der Waals surface area contributed by atoms with Gasteiger partial charge in [0.15, 0.2) is 0 Å². The van der Waals surface area contributed by atoms with Crippen molar-refractivity contribution in [2.75, 3.05) is 13.1 Å². The van der Waals surface area contributed by atoms with Crippen molar-refractivity contribution < 1.29 is 26.8 Å². The van der Waals surface area contributed by atoms with Gasteiger partial charge in [-0.1, -0.05) is 12.1 Å². The van der Waals surface area contributed by atoms with Gasteiger partial charge in [0.25, 0.3) is 11.8 Å². The summed E-state index contributed by atoms with van der Waals surface area (Å²) in [4.78, 5) is 23.5. The third-order valence-corrected chi connectivity index (χ3v) is 6.20. The van der Waals surface area contributed by atoms with Gasteiger partial charge in [0.2, 0.25) is 10.0 Å². The Hall–Kier alpha value is -2.85. The van der Waals surface area contributed by atoms with Crippen molar-refractivity contribution in [1.82, 2.24) is 15.2 Å². The molecule has 0 spiro atoms. The van der Waals surface area contributed by atoms with E-state index in [0.29, 0.717) is 12.8 Å². The Morgan fingerprint density at radius 2 is 1.54 bits per heavy atom. The SMILES string of the molecule is O=C(NNC(=O)c1ccccc1F)c1ccc(F)c(S(=O)(=O)N2CCCC2)c1. The summed E-state index contributed by atoms with van der Waals surface area (Å²) in [6.45, 7) is 0.577. The van der Waals surface area contributed by atoms with E-state index in [-0.39, 0.29) is 24.2 Å². The highest BCUT2D eigenvalue weighted by Crippen LogP contribution is 2.24. The number of hydrazine groups is 1. The summed E-state index contributed by atoms with van der Waals surface area (Å²) >= 11 is 0. The lowest BCUT2D eigenvalue weighted by Gasteiger charge is -2.16. The monoisotopic (exact) mass is 409 g/mol. The summed E-state index contributed by atoms with van der Waals surface area (Å²) in [5.41, 5.74) is 3.64. The van der Waals surface area contributed by atoms with Gasteiger partial charge in [0, 0.05) is 18.7 Å². The van der Waals surface area contributed by atoms with Crippen LogP contribution in [0, 0.1) is 11.6 Å². The summed E-state index contributed by atoms with van der Waals surface area (Å²) < 4.78 is 54.0. The quantitative estimate of drug-likeness (QED) is 0.753. The Morgan fingerprint density at radius 3 is 2.21 bits per heavy atom. The first-order valence-electron chi connectivity index (χ1n) is 8.45. The van der Waals surface area contributed by atoms with Crippen molar-refractivity contribution in [3.63, 3.8) is 0 Å². The van der Waals surface area contributed by atoms with Crippen LogP contribution in [0.5, 0.6) is 0 Å². The van der Waals surface area contributed by atoms with Crippen LogP contribution in [0.3, 0.4) is 0 Å². The van der Waals surface area contributed by atoms with Crippen LogP contribution >= 0.6 is 0 Å². The third kappa shape index (κ3) is 4.02. The molecule has 0 radical (unpaired) electrons. The molecule has 3 rings (SSSR count). The molecule has 1 aliphatic heterocycles. The minimum absolute atomic E-state index is 0.173. The van der Waals surface area contributed by atoms with E-state index in [1.807, 2.05) is 5.43 Å². The lowest BCUT2D eigenvalue weighted by Crippen LogP contribution is -2.42. The van der Waals surface area contributed by atoms with Gasteiger partial charge in [-0.2, -0.15) is 4.31 Å². The lowest BCUT2D eigenvalue weighted by molar-refractivity contribution is 0.0844. The van der Waals surface area contributed by atoms with Gasteiger partial charge < -0.3 is 0 Å². The van der Waals surface area contributed by atoms with E-state index in [0.717, 1.165) is 28.6 Å². The maximum atomic E-state index is 14.1. The van der Waals surface area contributed by atoms with Crippen LogP contribution in [-0.4, -0.2) is 37.6 Å². The molecule has 148 valence electrons. The highest BCUT2D eigenvalue weighted by Gasteiger charge is 2.30. The number of carbonyl (C=O) groups excluding carboxylic acids is 2. The van der Waals surface area contributed by atoms with Gasteiger partial charge in [-0.15, -0.1) is 0 Å². The van der Waals surface area contributed by atoms with Crippen molar-refractivity contribution in [2.24, 2.45) is 0 Å². The van der Waals surface area contributed by atoms with Gasteiger partial charge in [-0.25, -0.2) is 17.2 Å². The van der Waals surface area contributed by atoms with Gasteiger partial charge in [-0.05, 0) is 43.2 Å². The Morgan fingerprint density at radius 1 is 0.893 bits per heavy atom. The van der Waals surface area contributed by atoms with E-state index in [9.17, 15) is 26.8 Å². The number of nitrogens with one attached hydrogen (secondary N) is 2. The van der Waals surface area contributed by atoms with E-state index in [4.69, 9.17) is 0 Å². The molecule has 1 heterocycles. The predicted molar refractivity (Wildman–Crippen MR) is 95.7 cm³/mol. The fourth-order valence-electron chi connectivity index (χ4n) is 2.81. The number of sulfonamides is 1. The zero-order valence-electron chi connectivity index (χ0n) is 14.6. The van der Waals surface area contributed by atoms with Crippen molar-refractivity contribution in [3.8, 4) is 0 Å². The number of rotatable bonds is 4. The van der Waals surface area contributed by atoms with Gasteiger partial charge in [0.1, 0.15) is 16.5 Å². The van der Waals surface area contributed by atoms with E-state index in [1.165, 1.54) is 18.2 Å². The number of amides is 2. The molecule has 0 unspecified atom stereocenters. The maximum absolute atomic E-state index is 14.1. The third-order valence-electron chi connectivity index (χ3n) is 4.28. The number of hydrogen-bond acceptors (Lipinski definition) is 4. The highest BCUT2D eigenvalue weighted by molar-refractivity contribution is 7.89. The first kappa shape index (κ1) is 19.9. The topological polar surface area (TPSA) is 95.6 Å². The number of hydrogen-bond donors (Lipinski definition) is 2. The molecular formula is C18H17F2N3O4S. The maximum Gasteiger partial charge on any atom is 0.272 e. The minimum Gasteiger partial charge on any atom is -0.267 e. The highest BCUT2D eigenvalue weighted by atomic mass is 32.2. The molecule has 7 nitrogen and oxygen atoms in total. The summed E-state index contributed by atoms with van der Waals surface area (Å²) in [5.74, 6) is -3.50. The van der Waals surface area contributed by atoms with Crippen molar-refractivity contribution >= 4 is 21.8 Å². The molecule has 28 heavy (non-hydrogen) atoms. The van der Waals surface area contributed by atoms with E-state index in [1.54, 1.807) is 0 Å². The second-order valence-electron chi connectivity index (χ2n) is 6.14. The number of halogens is 2. The van der Waals surface area contributed by atoms with Crippen LogP contribution in [-0.2, 0) is 10.0 Å². The zero-order chi connectivity index (χ0) is 20.3. The molecule has 0 bridgehead atoms. The Kier molecular flexibility index (Phi) is 5.71. The van der Waals surface area contributed by atoms with Crippen LogP contribution in [0.1, 0.15) is 33.6 Å². The van der Waals surface area contributed by atoms with Crippen LogP contribution in [0.2, 0.25) is 0 Å². The van der Waals surface area contributed by atoms with Crippen molar-refractivity contribution in [3.05, 3.63) is 65.2 Å². The molecule has 2 N–H and O–H groups in total. The molecule has 2 amide bonds. The fourth-order valence-corrected chi connectivity index (χ4v) is 4.42. The molecule has 0 atom stereocenters. The van der Waals surface area contributed by atoms with Gasteiger partial charge >= 0.3 is 0 Å². The molecule has 2 aromatic rings. The van der Waals surface area contributed by atoms with Gasteiger partial charge in [-0.3, -0.25) is 20.4 Å². The molecule has 1 saturated heterocycles. The molecule has 0 saturated carbocycles. The second-order valence-corrected chi connectivity index (χ2v) is 8.05. The molecular weight excluding hydrogens is 392 g/mol. The number of benzene rings is 2. The minimum atomic E-state index is -4.06. The molecule has 1 fully saturated rings. The van der Waals surface area contributed by atoms with E-state index in [2.05, 4.69) is 5.43 Å². The van der Waals surface area contributed by atoms with Crippen LogP contribution in [0.4, 0.5) is 8.78 Å². The molecule has 10 heteroatoms. The normalized spacial score (nSPS) is 14.6. The van der Waals surface area contributed by atoms with Crippen molar-refractivity contribution in [1.29, 1.82) is 0 Å². The number of nitrogens with zero attached hydrogens (tertiary/aromatic N) is 1. The van der Waals surface area contributed by atoms with E-state index >= 15 is 0 Å². The standard InChI is InChI=1S/C18H17F2N3O4S/c19-14-6-2-1-5-13(14)18(25)22-21-17(24)12-7-8-15(20)16(11-12)28(26,27)23-9-3-4-10-23/h1-2,5-8,11H,3-4,9-10H2,(H,21,24)(H,22,25). The number of carbonyl (C=O) groups is 2. The predicted octanol–water partition coefficient (Wildman–Crippen LogP) is 1.82. The average molecular weight is 409 g/mol. The lowest BCUT2D eigenvalue weighted by atomic mass is 10.2. The summed E-state index contributed by atoms with van der Waals surface area (Å²) in [6, 6.07) is 8.05. The Balaban J connectivity index is 1.76. The van der Waals surface area contributed by atoms with Crippen molar-refractivity contribution in [2.45, 2.75) is 17.7 Å². The molecule has 0 aromatic heterocycles. The van der Waals surface area contributed by atoms with Crippen LogP contribution in [0.15, 0.2) is 47.4 Å². The smallest absolute Gasteiger partial charge is 0.267 e. The average Bonchev–Trinajstić information content (AvgIpc) is 3.22. The summed E-state index contributed by atoms with van der Waals surface area (Å²) in [6.07, 6.45) is 1.37. The summed E-state index contributed by atoms with van der Waals surface area (Å²) in [7, 11) is -4.06. The summed E-state index contributed by atoms with van der Waals surface area (Å²) in [5, 5.41) is 0. The largest absolute Gasteiger partial charge is 0.272 e. The first-order chi connectivity index (χ1) is 13.3. The second kappa shape index (κ2) is 8.03. The van der Waals surface area contributed by atoms with Crippen LogP contribution in [0.25, 0.3) is 0 Å². The van der Waals surface area contributed by atoms with Gasteiger partial charge in [0.05, 0.1) is 5.56 Å². The molecule has 1 aliphatic rings. The first-order valence-corrected chi connectivity index (χ1v) is 9.89. The fraction of sp³-hybridized carbons (Fsp3) is 0.222. The molecule has 2 aromatic carbocycles.